The van der Waals surface area contributed by atoms with E-state index in [1.54, 1.807) is 0 Å². The molecule has 1 aromatic rings. The lowest BCUT2D eigenvalue weighted by atomic mass is 10.0. The highest BCUT2D eigenvalue weighted by atomic mass is 127. The molecule has 17 heavy (non-hydrogen) atoms. The second-order valence-corrected chi connectivity index (χ2v) is 5.40. The molecule has 0 aliphatic rings. The number of ether oxygens (including phenoxy) is 1. The first-order chi connectivity index (χ1) is 8.17. The van der Waals surface area contributed by atoms with Gasteiger partial charge in [0, 0.05) is 16.2 Å². The Bertz CT molecular complexity index is 313. The molecule has 0 saturated carbocycles. The maximum Gasteiger partial charge on any atom is 0.0703 e. The number of halogens is 1. The molecule has 0 bridgehead atoms. The molecule has 0 aromatic heterocycles. The van der Waals surface area contributed by atoms with Crippen LogP contribution >= 0.6 is 22.6 Å². The number of benzene rings is 1. The van der Waals surface area contributed by atoms with Crippen LogP contribution in [0.1, 0.15) is 26.3 Å². The maximum atomic E-state index is 5.69. The van der Waals surface area contributed by atoms with Crippen molar-refractivity contribution in [1.29, 1.82) is 0 Å². The van der Waals surface area contributed by atoms with E-state index in [1.165, 1.54) is 9.13 Å². The van der Waals surface area contributed by atoms with Crippen LogP contribution in [-0.4, -0.2) is 25.3 Å². The number of nitrogens with one attached hydrogen (secondary N) is 1. The minimum Gasteiger partial charge on any atom is -0.377 e. The number of hydrogen-bond donors (Lipinski definition) is 1. The summed E-state index contributed by atoms with van der Waals surface area (Å²) in [6, 6.07) is 9.10. The summed E-state index contributed by atoms with van der Waals surface area (Å²) in [6.45, 7) is 8.08. The summed E-state index contributed by atoms with van der Waals surface area (Å²) in [5, 5.41) is 3.50. The fourth-order valence-corrected chi connectivity index (χ4v) is 2.28. The average molecular weight is 347 g/mol. The van der Waals surface area contributed by atoms with Crippen LogP contribution in [0.25, 0.3) is 0 Å². The molecule has 1 aromatic carbocycles. The topological polar surface area (TPSA) is 21.3 Å². The van der Waals surface area contributed by atoms with Gasteiger partial charge in [0.15, 0.2) is 0 Å². The van der Waals surface area contributed by atoms with E-state index >= 15 is 0 Å². The molecule has 0 amide bonds. The molecular weight excluding hydrogens is 325 g/mol. The lowest BCUT2D eigenvalue weighted by Crippen LogP contribution is -2.41. The highest BCUT2D eigenvalue weighted by Crippen LogP contribution is 2.11. The van der Waals surface area contributed by atoms with Gasteiger partial charge < -0.3 is 10.1 Å². The Kier molecular flexibility index (Phi) is 7.08. The molecular formula is C14H22INO. The quantitative estimate of drug-likeness (QED) is 0.765. The van der Waals surface area contributed by atoms with Gasteiger partial charge in [-0.2, -0.15) is 0 Å². The highest BCUT2D eigenvalue weighted by Gasteiger charge is 2.16. The Morgan fingerprint density at radius 1 is 1.24 bits per heavy atom. The van der Waals surface area contributed by atoms with Crippen molar-refractivity contribution in [2.45, 2.75) is 39.3 Å². The van der Waals surface area contributed by atoms with Crippen LogP contribution < -0.4 is 5.32 Å². The zero-order valence-corrected chi connectivity index (χ0v) is 13.0. The Balaban J connectivity index is 2.62. The summed E-state index contributed by atoms with van der Waals surface area (Å²) in [5.74, 6) is 0. The zero-order chi connectivity index (χ0) is 12.7. The molecule has 2 nitrogen and oxygen atoms in total. The first kappa shape index (κ1) is 14.9. The van der Waals surface area contributed by atoms with E-state index in [9.17, 15) is 0 Å². The largest absolute Gasteiger partial charge is 0.377 e. The van der Waals surface area contributed by atoms with Gasteiger partial charge in [0.05, 0.1) is 6.10 Å². The number of likely N-dealkylation sites (N-methyl/N-ethyl adjacent to an activating group) is 1. The second kappa shape index (κ2) is 8.06. The molecule has 1 N–H and O–H groups in total. The molecule has 2 atom stereocenters. The fraction of sp³-hybridized carbons (Fsp3) is 0.571. The Labute approximate surface area is 118 Å². The predicted octanol–water partition coefficient (Wildman–Crippen LogP) is 3.24. The summed E-state index contributed by atoms with van der Waals surface area (Å²) >= 11 is 2.33. The van der Waals surface area contributed by atoms with Gasteiger partial charge in [-0.3, -0.25) is 0 Å². The predicted molar refractivity (Wildman–Crippen MR) is 81.4 cm³/mol. The molecule has 0 aliphatic carbocycles. The van der Waals surface area contributed by atoms with E-state index in [2.05, 4.69) is 66.0 Å². The minimum absolute atomic E-state index is 0.249. The van der Waals surface area contributed by atoms with Gasteiger partial charge in [-0.05, 0) is 67.1 Å². The van der Waals surface area contributed by atoms with Crippen LogP contribution in [0.5, 0.6) is 0 Å². The summed E-state index contributed by atoms with van der Waals surface area (Å²) in [6.07, 6.45) is 1.27. The van der Waals surface area contributed by atoms with Crippen molar-refractivity contribution in [3.05, 3.63) is 33.4 Å². The third kappa shape index (κ3) is 5.36. The van der Waals surface area contributed by atoms with Gasteiger partial charge in [0.2, 0.25) is 0 Å². The standard InChI is InChI=1S/C14H22INO/c1-4-16-14(11(3)17-5-2)10-12-6-8-13(15)9-7-12/h6-9,11,14,16H,4-5,10H2,1-3H3. The van der Waals surface area contributed by atoms with Gasteiger partial charge in [-0.15, -0.1) is 0 Å². The maximum absolute atomic E-state index is 5.69. The average Bonchev–Trinajstić information content (AvgIpc) is 2.31. The van der Waals surface area contributed by atoms with Crippen LogP contribution in [0.4, 0.5) is 0 Å². The molecule has 0 fully saturated rings. The highest BCUT2D eigenvalue weighted by molar-refractivity contribution is 14.1. The zero-order valence-electron chi connectivity index (χ0n) is 10.9. The van der Waals surface area contributed by atoms with Crippen LogP contribution in [0.15, 0.2) is 24.3 Å². The molecule has 0 heterocycles. The summed E-state index contributed by atoms with van der Waals surface area (Å²) < 4.78 is 6.97. The molecule has 3 heteroatoms. The normalized spacial score (nSPS) is 14.6. The van der Waals surface area contributed by atoms with Crippen LogP contribution in [0, 0.1) is 3.57 Å². The molecule has 0 radical (unpaired) electrons. The van der Waals surface area contributed by atoms with Crippen molar-refractivity contribution in [2.24, 2.45) is 0 Å². The van der Waals surface area contributed by atoms with Crippen LogP contribution in [0.3, 0.4) is 0 Å². The van der Waals surface area contributed by atoms with Gasteiger partial charge in [0.25, 0.3) is 0 Å². The Hall–Kier alpha value is -0.130. The molecule has 0 aliphatic heterocycles. The Morgan fingerprint density at radius 3 is 2.41 bits per heavy atom. The third-order valence-corrected chi connectivity index (χ3v) is 3.55. The van der Waals surface area contributed by atoms with Crippen molar-refractivity contribution >= 4 is 22.6 Å². The van der Waals surface area contributed by atoms with E-state index in [0.29, 0.717) is 6.04 Å². The lowest BCUT2D eigenvalue weighted by Gasteiger charge is -2.24. The van der Waals surface area contributed by atoms with E-state index < -0.39 is 0 Å². The summed E-state index contributed by atoms with van der Waals surface area (Å²) in [4.78, 5) is 0. The smallest absolute Gasteiger partial charge is 0.0703 e. The lowest BCUT2D eigenvalue weighted by molar-refractivity contribution is 0.0480. The van der Waals surface area contributed by atoms with Gasteiger partial charge in [0.1, 0.15) is 0 Å². The van der Waals surface area contributed by atoms with E-state index in [4.69, 9.17) is 4.74 Å². The van der Waals surface area contributed by atoms with Crippen molar-refractivity contribution in [1.82, 2.24) is 5.32 Å². The fourth-order valence-electron chi connectivity index (χ4n) is 1.92. The van der Waals surface area contributed by atoms with Gasteiger partial charge >= 0.3 is 0 Å². The number of hydrogen-bond acceptors (Lipinski definition) is 2. The first-order valence-electron chi connectivity index (χ1n) is 6.26. The third-order valence-electron chi connectivity index (χ3n) is 2.83. The molecule has 1 rings (SSSR count). The Morgan fingerprint density at radius 2 is 1.88 bits per heavy atom. The van der Waals surface area contributed by atoms with Crippen molar-refractivity contribution in [3.8, 4) is 0 Å². The van der Waals surface area contributed by atoms with Crippen molar-refractivity contribution in [3.63, 3.8) is 0 Å². The van der Waals surface area contributed by atoms with E-state index in [-0.39, 0.29) is 6.10 Å². The summed E-state index contributed by atoms with van der Waals surface area (Å²) in [5.41, 5.74) is 1.36. The van der Waals surface area contributed by atoms with Gasteiger partial charge in [-0.25, -0.2) is 0 Å². The molecule has 96 valence electrons. The monoisotopic (exact) mass is 347 g/mol. The van der Waals surface area contributed by atoms with Crippen LogP contribution in [0.2, 0.25) is 0 Å². The van der Waals surface area contributed by atoms with E-state index in [0.717, 1.165) is 19.6 Å². The first-order valence-corrected chi connectivity index (χ1v) is 7.34. The van der Waals surface area contributed by atoms with Gasteiger partial charge in [-0.1, -0.05) is 19.1 Å². The SMILES string of the molecule is CCNC(Cc1ccc(I)cc1)C(C)OCC. The second-order valence-electron chi connectivity index (χ2n) is 4.16. The summed E-state index contributed by atoms with van der Waals surface area (Å²) in [7, 11) is 0. The minimum atomic E-state index is 0.249. The number of rotatable bonds is 7. The molecule has 2 unspecified atom stereocenters. The van der Waals surface area contributed by atoms with Crippen LogP contribution in [-0.2, 0) is 11.2 Å². The molecule has 0 saturated heterocycles. The van der Waals surface area contributed by atoms with Crippen molar-refractivity contribution < 1.29 is 4.74 Å². The van der Waals surface area contributed by atoms with Crippen molar-refractivity contribution in [2.75, 3.05) is 13.2 Å². The van der Waals surface area contributed by atoms with E-state index in [1.807, 2.05) is 6.92 Å². The molecule has 0 spiro atoms.